The van der Waals surface area contributed by atoms with Gasteiger partial charge in [-0.15, -0.1) is 11.3 Å². The number of tetrazole rings is 1. The van der Waals surface area contributed by atoms with E-state index in [-0.39, 0.29) is 5.91 Å². The Kier molecular flexibility index (Phi) is 2.36. The van der Waals surface area contributed by atoms with Crippen molar-refractivity contribution >= 4 is 23.2 Å². The number of hydrogen-bond donors (Lipinski definition) is 1. The largest absolute Gasteiger partial charge is 0.288 e. The van der Waals surface area contributed by atoms with Gasteiger partial charge >= 0.3 is 0 Å². The average Bonchev–Trinajstić information content (AvgIpc) is 2.91. The van der Waals surface area contributed by atoms with E-state index in [1.807, 2.05) is 0 Å². The normalized spacial score (nSPS) is 14.9. The molecule has 0 spiro atoms. The SMILES string of the molecule is Cn1nnnc1NC(=O)c1cnc(C2CC2)s1. The summed E-state index contributed by atoms with van der Waals surface area (Å²) < 4.78 is 1.40. The fraction of sp³-hybridized carbons (Fsp3) is 0.444. The lowest BCUT2D eigenvalue weighted by atomic mass is 10.4. The van der Waals surface area contributed by atoms with E-state index in [2.05, 4.69) is 25.8 Å². The predicted octanol–water partition coefficient (Wildman–Crippen LogP) is 0.796. The minimum absolute atomic E-state index is 0.215. The number of carbonyl (C=O) groups is 1. The molecule has 88 valence electrons. The molecular formula is C9H10N6OS. The van der Waals surface area contributed by atoms with Gasteiger partial charge in [-0.3, -0.25) is 10.1 Å². The average molecular weight is 250 g/mol. The lowest BCUT2D eigenvalue weighted by Crippen LogP contribution is -2.14. The Morgan fingerprint density at radius 2 is 2.41 bits per heavy atom. The van der Waals surface area contributed by atoms with Gasteiger partial charge < -0.3 is 0 Å². The van der Waals surface area contributed by atoms with Crippen LogP contribution in [-0.4, -0.2) is 31.1 Å². The van der Waals surface area contributed by atoms with Gasteiger partial charge in [-0.1, -0.05) is 5.10 Å². The van der Waals surface area contributed by atoms with E-state index in [1.165, 1.54) is 28.9 Å². The fourth-order valence-corrected chi connectivity index (χ4v) is 2.39. The third-order valence-corrected chi connectivity index (χ3v) is 3.68. The summed E-state index contributed by atoms with van der Waals surface area (Å²) in [5.74, 6) is 0.682. The molecule has 2 aromatic rings. The second-order valence-corrected chi connectivity index (χ2v) is 4.98. The minimum Gasteiger partial charge on any atom is -0.288 e. The number of anilines is 1. The van der Waals surface area contributed by atoms with E-state index in [1.54, 1.807) is 13.2 Å². The van der Waals surface area contributed by atoms with Crippen molar-refractivity contribution in [3.8, 4) is 0 Å². The molecule has 1 amide bonds. The van der Waals surface area contributed by atoms with Crippen LogP contribution in [-0.2, 0) is 7.05 Å². The van der Waals surface area contributed by atoms with Crippen LogP contribution in [0.15, 0.2) is 6.20 Å². The van der Waals surface area contributed by atoms with Gasteiger partial charge in [-0.05, 0) is 23.3 Å². The summed E-state index contributed by atoms with van der Waals surface area (Å²) in [4.78, 5) is 16.7. The van der Waals surface area contributed by atoms with Crippen molar-refractivity contribution in [1.29, 1.82) is 0 Å². The Morgan fingerprint density at radius 1 is 1.59 bits per heavy atom. The lowest BCUT2D eigenvalue weighted by Gasteiger charge is -1.99. The summed E-state index contributed by atoms with van der Waals surface area (Å²) in [5.41, 5.74) is 0. The molecule has 1 aliphatic rings. The van der Waals surface area contributed by atoms with Crippen LogP contribution in [0.5, 0.6) is 0 Å². The number of carbonyl (C=O) groups excluding carboxylic acids is 1. The van der Waals surface area contributed by atoms with Crippen molar-refractivity contribution in [2.75, 3.05) is 5.32 Å². The van der Waals surface area contributed by atoms with Gasteiger partial charge in [0, 0.05) is 13.0 Å². The van der Waals surface area contributed by atoms with Crippen LogP contribution in [0.3, 0.4) is 0 Å². The molecule has 0 aromatic carbocycles. The Balaban J connectivity index is 1.74. The van der Waals surface area contributed by atoms with Crippen molar-refractivity contribution in [2.45, 2.75) is 18.8 Å². The first-order valence-corrected chi connectivity index (χ1v) is 6.05. The summed E-state index contributed by atoms with van der Waals surface area (Å²) in [5, 5.41) is 14.5. The minimum atomic E-state index is -0.215. The summed E-state index contributed by atoms with van der Waals surface area (Å²) in [6.45, 7) is 0. The second-order valence-electron chi connectivity index (χ2n) is 3.92. The standard InChI is InChI=1S/C9H10N6OS/c1-15-9(12-13-14-15)11-7(16)6-4-10-8(17-6)5-2-3-5/h4-5H,2-3H2,1H3,(H,11,12,14,16). The van der Waals surface area contributed by atoms with Crippen LogP contribution < -0.4 is 5.32 Å². The van der Waals surface area contributed by atoms with E-state index in [4.69, 9.17) is 0 Å². The number of thiazole rings is 1. The molecule has 0 atom stereocenters. The van der Waals surface area contributed by atoms with Crippen molar-refractivity contribution in [3.05, 3.63) is 16.1 Å². The van der Waals surface area contributed by atoms with Crippen LogP contribution >= 0.6 is 11.3 Å². The summed E-state index contributed by atoms with van der Waals surface area (Å²) in [6, 6.07) is 0. The maximum atomic E-state index is 11.9. The van der Waals surface area contributed by atoms with E-state index < -0.39 is 0 Å². The first-order valence-electron chi connectivity index (χ1n) is 5.23. The monoisotopic (exact) mass is 250 g/mol. The smallest absolute Gasteiger partial charge is 0.269 e. The highest BCUT2D eigenvalue weighted by Gasteiger charge is 2.27. The molecule has 1 aliphatic carbocycles. The Labute approximate surface area is 101 Å². The van der Waals surface area contributed by atoms with Crippen LogP contribution in [0.1, 0.15) is 33.4 Å². The van der Waals surface area contributed by atoms with Crippen molar-refractivity contribution in [3.63, 3.8) is 0 Å². The van der Waals surface area contributed by atoms with E-state index in [0.717, 1.165) is 5.01 Å². The molecule has 3 rings (SSSR count). The Morgan fingerprint density at radius 3 is 3.06 bits per heavy atom. The highest BCUT2D eigenvalue weighted by molar-refractivity contribution is 7.13. The number of aryl methyl sites for hydroxylation is 1. The maximum absolute atomic E-state index is 11.9. The van der Waals surface area contributed by atoms with Crippen LogP contribution in [0, 0.1) is 0 Å². The summed E-state index contributed by atoms with van der Waals surface area (Å²) in [6.07, 6.45) is 3.97. The number of nitrogens with one attached hydrogen (secondary N) is 1. The molecule has 1 saturated carbocycles. The number of hydrogen-bond acceptors (Lipinski definition) is 6. The van der Waals surface area contributed by atoms with Gasteiger partial charge in [-0.25, -0.2) is 9.67 Å². The third kappa shape index (κ3) is 2.03. The fourth-order valence-electron chi connectivity index (χ4n) is 1.41. The van der Waals surface area contributed by atoms with Crippen molar-refractivity contribution in [2.24, 2.45) is 7.05 Å². The molecule has 8 heteroatoms. The van der Waals surface area contributed by atoms with Gasteiger partial charge in [0.2, 0.25) is 5.95 Å². The zero-order valence-electron chi connectivity index (χ0n) is 9.12. The van der Waals surface area contributed by atoms with E-state index in [9.17, 15) is 4.79 Å². The molecule has 2 heterocycles. The van der Waals surface area contributed by atoms with Gasteiger partial charge in [0.1, 0.15) is 4.88 Å². The van der Waals surface area contributed by atoms with Gasteiger partial charge in [0.15, 0.2) is 0 Å². The van der Waals surface area contributed by atoms with E-state index >= 15 is 0 Å². The first kappa shape index (κ1) is 10.3. The Bertz CT molecular complexity index is 557. The molecule has 0 aliphatic heterocycles. The van der Waals surface area contributed by atoms with Crippen LogP contribution in [0.2, 0.25) is 0 Å². The molecule has 1 N–H and O–H groups in total. The molecule has 2 aromatic heterocycles. The topological polar surface area (TPSA) is 85.6 Å². The van der Waals surface area contributed by atoms with Crippen LogP contribution in [0.25, 0.3) is 0 Å². The summed E-state index contributed by atoms with van der Waals surface area (Å²) in [7, 11) is 1.66. The van der Waals surface area contributed by atoms with Crippen molar-refractivity contribution < 1.29 is 4.79 Å². The molecule has 7 nitrogen and oxygen atoms in total. The highest BCUT2D eigenvalue weighted by Crippen LogP contribution is 2.41. The number of aromatic nitrogens is 5. The molecule has 0 saturated heterocycles. The first-order chi connectivity index (χ1) is 8.24. The highest BCUT2D eigenvalue weighted by atomic mass is 32.1. The predicted molar refractivity (Wildman–Crippen MR) is 60.8 cm³/mol. The maximum Gasteiger partial charge on any atom is 0.269 e. The quantitative estimate of drug-likeness (QED) is 0.870. The molecule has 0 bridgehead atoms. The van der Waals surface area contributed by atoms with Gasteiger partial charge in [0.25, 0.3) is 5.91 Å². The summed E-state index contributed by atoms with van der Waals surface area (Å²) >= 11 is 1.44. The third-order valence-electron chi connectivity index (χ3n) is 2.52. The molecular weight excluding hydrogens is 240 g/mol. The van der Waals surface area contributed by atoms with Gasteiger partial charge in [0.05, 0.1) is 11.2 Å². The number of amides is 1. The second kappa shape index (κ2) is 3.88. The number of rotatable bonds is 3. The lowest BCUT2D eigenvalue weighted by molar-refractivity contribution is 0.102. The van der Waals surface area contributed by atoms with Crippen LogP contribution in [0.4, 0.5) is 5.95 Å². The van der Waals surface area contributed by atoms with E-state index in [0.29, 0.717) is 16.7 Å². The Hall–Kier alpha value is -1.83. The zero-order valence-corrected chi connectivity index (χ0v) is 9.94. The molecule has 17 heavy (non-hydrogen) atoms. The zero-order chi connectivity index (χ0) is 11.8. The van der Waals surface area contributed by atoms with Gasteiger partial charge in [-0.2, -0.15) is 0 Å². The molecule has 0 unspecified atom stereocenters. The molecule has 0 radical (unpaired) electrons. The number of nitrogens with zero attached hydrogens (tertiary/aromatic N) is 5. The van der Waals surface area contributed by atoms with Crippen molar-refractivity contribution in [1.82, 2.24) is 25.2 Å². The molecule has 1 fully saturated rings.